The number of halogens is 1. The van der Waals surface area contributed by atoms with Gasteiger partial charge in [-0.05, 0) is 18.9 Å². The molecule has 98 valence electrons. The van der Waals surface area contributed by atoms with Gasteiger partial charge in [-0.3, -0.25) is 4.79 Å². The number of carbonyl (C=O) groups is 1. The predicted molar refractivity (Wildman–Crippen MR) is 70.6 cm³/mol. The monoisotopic (exact) mass is 268 g/mol. The molecule has 1 N–H and O–H groups in total. The van der Waals surface area contributed by atoms with E-state index < -0.39 is 0 Å². The summed E-state index contributed by atoms with van der Waals surface area (Å²) in [6.45, 7) is 0. The van der Waals surface area contributed by atoms with E-state index in [1.807, 2.05) is 0 Å². The Morgan fingerprint density at radius 2 is 2.00 bits per heavy atom. The first-order chi connectivity index (χ1) is 8.63. The topological polar surface area (TPSA) is 46.5 Å². The first kappa shape index (κ1) is 13.2. The average Bonchev–Trinajstić information content (AvgIpc) is 2.38. The summed E-state index contributed by atoms with van der Waals surface area (Å²) in [5, 5.41) is 9.84. The molecule has 0 spiro atoms. The van der Waals surface area contributed by atoms with Crippen molar-refractivity contribution in [3.05, 3.63) is 22.7 Å². The number of rotatable bonds is 3. The van der Waals surface area contributed by atoms with Crippen LogP contribution in [-0.4, -0.2) is 18.0 Å². The number of hydrogen-bond donors (Lipinski definition) is 1. The number of phenols is 1. The molecule has 1 saturated carbocycles. The van der Waals surface area contributed by atoms with E-state index in [0.29, 0.717) is 11.3 Å². The summed E-state index contributed by atoms with van der Waals surface area (Å²) in [6.07, 6.45) is 5.20. The fourth-order valence-electron chi connectivity index (χ4n) is 2.55. The maximum Gasteiger partial charge on any atom is 0.169 e. The maximum atomic E-state index is 12.4. The van der Waals surface area contributed by atoms with Crippen LogP contribution in [0.4, 0.5) is 0 Å². The number of phenolic OH excluding ortho intramolecular Hbond substituents is 1. The van der Waals surface area contributed by atoms with Gasteiger partial charge in [0.2, 0.25) is 0 Å². The van der Waals surface area contributed by atoms with Crippen LogP contribution in [0.15, 0.2) is 12.1 Å². The third-order valence-corrected chi connectivity index (χ3v) is 3.75. The fraction of sp³-hybridized carbons (Fsp3) is 0.500. The molecule has 0 bridgehead atoms. The maximum absolute atomic E-state index is 12.4. The van der Waals surface area contributed by atoms with Crippen molar-refractivity contribution >= 4 is 17.4 Å². The lowest BCUT2D eigenvalue weighted by atomic mass is 9.83. The second-order valence-corrected chi connectivity index (χ2v) is 5.11. The lowest BCUT2D eigenvalue weighted by Gasteiger charge is -2.21. The molecule has 4 heteroatoms. The van der Waals surface area contributed by atoms with Gasteiger partial charge in [-0.15, -0.1) is 0 Å². The zero-order valence-electron chi connectivity index (χ0n) is 10.4. The summed E-state index contributed by atoms with van der Waals surface area (Å²) >= 11 is 5.98. The second kappa shape index (κ2) is 5.61. The second-order valence-electron chi connectivity index (χ2n) is 4.71. The Labute approximate surface area is 112 Å². The van der Waals surface area contributed by atoms with Crippen LogP contribution < -0.4 is 4.74 Å². The van der Waals surface area contributed by atoms with Crippen molar-refractivity contribution < 1.29 is 14.6 Å². The molecule has 0 atom stereocenters. The van der Waals surface area contributed by atoms with Crippen LogP contribution in [0.25, 0.3) is 0 Å². The standard InChI is InChI=1S/C14H17ClO3/c1-18-14-11(7-10(16)8-12(14)15)13(17)9-5-3-2-4-6-9/h7-9,16H,2-6H2,1H3. The van der Waals surface area contributed by atoms with Gasteiger partial charge in [-0.1, -0.05) is 30.9 Å². The summed E-state index contributed by atoms with van der Waals surface area (Å²) in [7, 11) is 1.48. The highest BCUT2D eigenvalue weighted by atomic mass is 35.5. The number of ether oxygens (including phenoxy) is 1. The molecule has 1 aliphatic rings. The third-order valence-electron chi connectivity index (χ3n) is 3.47. The summed E-state index contributed by atoms with van der Waals surface area (Å²) in [6, 6.07) is 2.83. The van der Waals surface area contributed by atoms with Gasteiger partial charge < -0.3 is 9.84 Å². The predicted octanol–water partition coefficient (Wildman–Crippen LogP) is 3.82. The molecule has 1 aliphatic carbocycles. The number of Topliss-reactive ketones (excluding diaryl/α,β-unsaturated/α-hetero) is 1. The van der Waals surface area contributed by atoms with Crippen LogP contribution in [0.2, 0.25) is 5.02 Å². The van der Waals surface area contributed by atoms with Crippen molar-refractivity contribution in [3.8, 4) is 11.5 Å². The molecule has 1 aromatic rings. The zero-order chi connectivity index (χ0) is 13.1. The number of hydrogen-bond acceptors (Lipinski definition) is 3. The van der Waals surface area contributed by atoms with Gasteiger partial charge in [0.05, 0.1) is 17.7 Å². The van der Waals surface area contributed by atoms with E-state index in [1.54, 1.807) is 0 Å². The number of methoxy groups -OCH3 is 1. The molecular weight excluding hydrogens is 252 g/mol. The van der Waals surface area contributed by atoms with Crippen molar-refractivity contribution in [2.24, 2.45) is 5.92 Å². The molecular formula is C14H17ClO3. The van der Waals surface area contributed by atoms with E-state index in [2.05, 4.69) is 0 Å². The van der Waals surface area contributed by atoms with Crippen LogP contribution in [0.5, 0.6) is 11.5 Å². The van der Waals surface area contributed by atoms with Gasteiger partial charge in [0, 0.05) is 12.0 Å². The molecule has 1 fully saturated rings. The number of ketones is 1. The Morgan fingerprint density at radius 1 is 1.33 bits per heavy atom. The lowest BCUT2D eigenvalue weighted by Crippen LogP contribution is -2.18. The minimum atomic E-state index is -0.0000376. The molecule has 1 aromatic carbocycles. The van der Waals surface area contributed by atoms with E-state index in [9.17, 15) is 9.90 Å². The van der Waals surface area contributed by atoms with Crippen molar-refractivity contribution in [1.29, 1.82) is 0 Å². The van der Waals surface area contributed by atoms with E-state index in [0.717, 1.165) is 25.7 Å². The van der Waals surface area contributed by atoms with Gasteiger partial charge in [0.15, 0.2) is 5.78 Å². The Bertz CT molecular complexity index is 451. The molecule has 0 radical (unpaired) electrons. The molecule has 0 aromatic heterocycles. The van der Waals surface area contributed by atoms with E-state index >= 15 is 0 Å². The first-order valence-electron chi connectivity index (χ1n) is 6.24. The average molecular weight is 269 g/mol. The van der Waals surface area contributed by atoms with Crippen molar-refractivity contribution in [3.63, 3.8) is 0 Å². The van der Waals surface area contributed by atoms with E-state index in [1.165, 1.54) is 25.7 Å². The minimum Gasteiger partial charge on any atom is -0.508 e. The Balaban J connectivity index is 2.33. The quantitative estimate of drug-likeness (QED) is 0.848. The van der Waals surface area contributed by atoms with Gasteiger partial charge in [0.1, 0.15) is 11.5 Å². The van der Waals surface area contributed by atoms with Crippen LogP contribution in [0.3, 0.4) is 0 Å². The minimum absolute atomic E-state index is 0.0000376. The molecule has 0 unspecified atom stereocenters. The molecule has 0 aliphatic heterocycles. The zero-order valence-corrected chi connectivity index (χ0v) is 11.2. The van der Waals surface area contributed by atoms with Crippen LogP contribution >= 0.6 is 11.6 Å². The highest BCUT2D eigenvalue weighted by molar-refractivity contribution is 6.33. The molecule has 3 nitrogen and oxygen atoms in total. The molecule has 0 saturated heterocycles. The van der Waals surface area contributed by atoms with Crippen molar-refractivity contribution in [2.75, 3.05) is 7.11 Å². The van der Waals surface area contributed by atoms with E-state index in [-0.39, 0.29) is 22.5 Å². The first-order valence-corrected chi connectivity index (χ1v) is 6.62. The van der Waals surface area contributed by atoms with Crippen LogP contribution in [-0.2, 0) is 0 Å². The summed E-state index contributed by atoms with van der Waals surface area (Å²) in [4.78, 5) is 12.4. The van der Waals surface area contributed by atoms with E-state index in [4.69, 9.17) is 16.3 Å². The molecule has 2 rings (SSSR count). The van der Waals surface area contributed by atoms with Gasteiger partial charge in [0.25, 0.3) is 0 Å². The highest BCUT2D eigenvalue weighted by Gasteiger charge is 2.26. The Hall–Kier alpha value is -1.22. The summed E-state index contributed by atoms with van der Waals surface area (Å²) < 4.78 is 5.18. The van der Waals surface area contributed by atoms with Gasteiger partial charge >= 0.3 is 0 Å². The number of carbonyl (C=O) groups excluding carboxylic acids is 1. The molecule has 18 heavy (non-hydrogen) atoms. The largest absolute Gasteiger partial charge is 0.508 e. The lowest BCUT2D eigenvalue weighted by molar-refractivity contribution is 0.0886. The fourth-order valence-corrected chi connectivity index (χ4v) is 2.85. The summed E-state index contributed by atoms with van der Waals surface area (Å²) in [5.41, 5.74) is 0.398. The van der Waals surface area contributed by atoms with Crippen molar-refractivity contribution in [1.82, 2.24) is 0 Å². The SMILES string of the molecule is COc1c(Cl)cc(O)cc1C(=O)C1CCCCC1. The molecule has 0 heterocycles. The van der Waals surface area contributed by atoms with Crippen molar-refractivity contribution in [2.45, 2.75) is 32.1 Å². The van der Waals surface area contributed by atoms with Gasteiger partial charge in [-0.25, -0.2) is 0 Å². The smallest absolute Gasteiger partial charge is 0.169 e. The van der Waals surface area contributed by atoms with Crippen LogP contribution in [0, 0.1) is 5.92 Å². The Morgan fingerprint density at radius 3 is 2.61 bits per heavy atom. The normalized spacial score (nSPS) is 16.6. The summed E-state index contributed by atoms with van der Waals surface area (Å²) in [5.74, 6) is 0.430. The highest BCUT2D eigenvalue weighted by Crippen LogP contribution is 2.36. The third kappa shape index (κ3) is 2.61. The number of benzene rings is 1. The Kier molecular flexibility index (Phi) is 4.12. The number of aromatic hydroxyl groups is 1. The van der Waals surface area contributed by atoms with Gasteiger partial charge in [-0.2, -0.15) is 0 Å². The molecule has 0 amide bonds. The van der Waals surface area contributed by atoms with Crippen LogP contribution in [0.1, 0.15) is 42.5 Å².